The number of fused-ring (bicyclic) bond motifs is 1. The number of para-hydroxylation sites is 1. The molecule has 0 spiro atoms. The van der Waals surface area contributed by atoms with Crippen molar-refractivity contribution in [3.8, 4) is 11.5 Å². The van der Waals surface area contributed by atoms with Crippen LogP contribution in [0.15, 0.2) is 54.7 Å². The molecule has 0 aliphatic heterocycles. The number of hydrogen-bond donors (Lipinski definition) is 1. The SMILES string of the molecule is Nc1cccc(Oc2cccc3ncccc23)c1[N+](=O)[O-]. The molecule has 0 atom stereocenters. The van der Waals surface area contributed by atoms with Gasteiger partial charge in [-0.3, -0.25) is 15.1 Å². The number of anilines is 1. The van der Waals surface area contributed by atoms with E-state index in [0.29, 0.717) is 5.75 Å². The minimum atomic E-state index is -0.548. The Kier molecular flexibility index (Phi) is 3.12. The summed E-state index contributed by atoms with van der Waals surface area (Å²) in [5.74, 6) is 0.602. The first kappa shape index (κ1) is 12.9. The first-order valence-corrected chi connectivity index (χ1v) is 6.21. The largest absolute Gasteiger partial charge is 0.449 e. The standard InChI is InChI=1S/C15H11N3O3/c16-11-5-1-8-14(15(11)18(19)20)21-13-7-2-6-12-10(13)4-3-9-17-12/h1-9H,16H2. The molecule has 2 aromatic carbocycles. The average Bonchev–Trinajstić information content (AvgIpc) is 2.47. The zero-order valence-corrected chi connectivity index (χ0v) is 10.9. The third-order valence-corrected chi connectivity index (χ3v) is 3.04. The Labute approximate surface area is 119 Å². The summed E-state index contributed by atoms with van der Waals surface area (Å²) in [6.45, 7) is 0. The van der Waals surface area contributed by atoms with E-state index in [2.05, 4.69) is 4.98 Å². The number of rotatable bonds is 3. The van der Waals surface area contributed by atoms with Gasteiger partial charge in [0.15, 0.2) is 0 Å². The molecule has 6 heteroatoms. The summed E-state index contributed by atoms with van der Waals surface area (Å²) in [5, 5.41) is 11.9. The van der Waals surface area contributed by atoms with Crippen LogP contribution in [0.4, 0.5) is 11.4 Å². The zero-order valence-electron chi connectivity index (χ0n) is 10.9. The minimum absolute atomic E-state index is 0.0656. The summed E-state index contributed by atoms with van der Waals surface area (Å²) in [5.41, 5.74) is 6.23. The van der Waals surface area contributed by atoms with Crippen LogP contribution in [-0.2, 0) is 0 Å². The predicted molar refractivity (Wildman–Crippen MR) is 79.3 cm³/mol. The van der Waals surface area contributed by atoms with Crippen LogP contribution in [0.2, 0.25) is 0 Å². The molecule has 0 saturated heterocycles. The van der Waals surface area contributed by atoms with Crippen molar-refractivity contribution in [2.45, 2.75) is 0 Å². The second kappa shape index (κ2) is 5.09. The highest BCUT2D eigenvalue weighted by Crippen LogP contribution is 2.37. The highest BCUT2D eigenvalue weighted by Gasteiger charge is 2.20. The van der Waals surface area contributed by atoms with Crippen LogP contribution in [-0.4, -0.2) is 9.91 Å². The third kappa shape index (κ3) is 2.34. The van der Waals surface area contributed by atoms with Gasteiger partial charge in [-0.15, -0.1) is 0 Å². The van der Waals surface area contributed by atoms with Gasteiger partial charge < -0.3 is 10.5 Å². The van der Waals surface area contributed by atoms with Crippen molar-refractivity contribution in [1.82, 2.24) is 4.98 Å². The Hall–Kier alpha value is -3.15. The van der Waals surface area contributed by atoms with Gasteiger partial charge in [-0.2, -0.15) is 0 Å². The molecular weight excluding hydrogens is 270 g/mol. The number of ether oxygens (including phenoxy) is 1. The van der Waals surface area contributed by atoms with Crippen LogP contribution in [0.3, 0.4) is 0 Å². The molecule has 0 fully saturated rings. The fourth-order valence-corrected chi connectivity index (χ4v) is 2.10. The second-order valence-corrected chi connectivity index (χ2v) is 4.38. The second-order valence-electron chi connectivity index (χ2n) is 4.38. The maximum absolute atomic E-state index is 11.1. The van der Waals surface area contributed by atoms with Gasteiger partial charge in [-0.1, -0.05) is 12.1 Å². The molecule has 104 valence electrons. The van der Waals surface area contributed by atoms with E-state index in [1.165, 1.54) is 12.1 Å². The van der Waals surface area contributed by atoms with E-state index in [-0.39, 0.29) is 17.1 Å². The number of benzene rings is 2. The van der Waals surface area contributed by atoms with E-state index in [0.717, 1.165) is 10.9 Å². The molecule has 0 aliphatic carbocycles. The number of pyridine rings is 1. The molecule has 0 saturated carbocycles. The Morgan fingerprint density at radius 3 is 2.62 bits per heavy atom. The molecule has 2 N–H and O–H groups in total. The van der Waals surface area contributed by atoms with E-state index < -0.39 is 4.92 Å². The quantitative estimate of drug-likeness (QED) is 0.450. The van der Waals surface area contributed by atoms with E-state index in [9.17, 15) is 10.1 Å². The number of nitrogens with two attached hydrogens (primary N) is 1. The lowest BCUT2D eigenvalue weighted by Crippen LogP contribution is -1.98. The molecule has 21 heavy (non-hydrogen) atoms. The van der Waals surface area contributed by atoms with Crippen molar-refractivity contribution >= 4 is 22.3 Å². The Morgan fingerprint density at radius 1 is 1.05 bits per heavy atom. The van der Waals surface area contributed by atoms with Crippen molar-refractivity contribution in [3.05, 3.63) is 64.8 Å². The maximum atomic E-state index is 11.1. The number of nitrogens with zero attached hydrogens (tertiary/aromatic N) is 2. The summed E-state index contributed by atoms with van der Waals surface area (Å²) in [6.07, 6.45) is 1.68. The highest BCUT2D eigenvalue weighted by atomic mass is 16.6. The number of nitro benzene ring substituents is 1. The summed E-state index contributed by atoms with van der Waals surface area (Å²) in [6, 6.07) is 13.6. The van der Waals surface area contributed by atoms with Crippen LogP contribution in [0.1, 0.15) is 0 Å². The van der Waals surface area contributed by atoms with Crippen molar-refractivity contribution < 1.29 is 9.66 Å². The molecule has 3 aromatic rings. The first-order valence-electron chi connectivity index (χ1n) is 6.21. The molecular formula is C15H11N3O3. The van der Waals surface area contributed by atoms with Gasteiger partial charge in [-0.25, -0.2) is 0 Å². The fraction of sp³-hybridized carbons (Fsp3) is 0. The Bertz CT molecular complexity index is 828. The maximum Gasteiger partial charge on any atom is 0.334 e. The lowest BCUT2D eigenvalue weighted by molar-refractivity contribution is -0.384. The minimum Gasteiger partial charge on any atom is -0.449 e. The summed E-state index contributed by atoms with van der Waals surface area (Å²) < 4.78 is 5.70. The van der Waals surface area contributed by atoms with Crippen molar-refractivity contribution in [2.75, 3.05) is 5.73 Å². The molecule has 6 nitrogen and oxygen atoms in total. The van der Waals surface area contributed by atoms with Gasteiger partial charge in [0.25, 0.3) is 0 Å². The third-order valence-electron chi connectivity index (χ3n) is 3.04. The molecule has 0 amide bonds. The van der Waals surface area contributed by atoms with Gasteiger partial charge in [0, 0.05) is 11.6 Å². The van der Waals surface area contributed by atoms with E-state index >= 15 is 0 Å². The van der Waals surface area contributed by atoms with Crippen molar-refractivity contribution in [3.63, 3.8) is 0 Å². The van der Waals surface area contributed by atoms with E-state index in [1.54, 1.807) is 30.5 Å². The van der Waals surface area contributed by atoms with Gasteiger partial charge in [-0.05, 0) is 36.4 Å². The van der Waals surface area contributed by atoms with Gasteiger partial charge in [0.05, 0.1) is 10.4 Å². The number of nitro groups is 1. The van der Waals surface area contributed by atoms with Crippen LogP contribution >= 0.6 is 0 Å². The fourth-order valence-electron chi connectivity index (χ4n) is 2.10. The molecule has 1 aromatic heterocycles. The van der Waals surface area contributed by atoms with Gasteiger partial charge in [0.1, 0.15) is 11.4 Å². The zero-order chi connectivity index (χ0) is 14.8. The molecule has 0 radical (unpaired) electrons. The molecule has 0 aliphatic rings. The monoisotopic (exact) mass is 281 g/mol. The van der Waals surface area contributed by atoms with Crippen LogP contribution in [0.25, 0.3) is 10.9 Å². The van der Waals surface area contributed by atoms with Crippen molar-refractivity contribution in [1.29, 1.82) is 0 Å². The van der Waals surface area contributed by atoms with E-state index in [4.69, 9.17) is 10.5 Å². The smallest absolute Gasteiger partial charge is 0.334 e. The van der Waals surface area contributed by atoms with Gasteiger partial charge in [0.2, 0.25) is 5.75 Å². The number of hydrogen-bond acceptors (Lipinski definition) is 5. The Morgan fingerprint density at radius 2 is 1.81 bits per heavy atom. The molecule has 3 rings (SSSR count). The Balaban J connectivity index is 2.12. The molecule has 0 bridgehead atoms. The number of nitrogen functional groups attached to an aromatic ring is 1. The summed E-state index contributed by atoms with van der Waals surface area (Å²) >= 11 is 0. The topological polar surface area (TPSA) is 91.3 Å². The molecule has 1 heterocycles. The van der Waals surface area contributed by atoms with Crippen LogP contribution < -0.4 is 10.5 Å². The van der Waals surface area contributed by atoms with Gasteiger partial charge >= 0.3 is 5.69 Å². The summed E-state index contributed by atoms with van der Waals surface area (Å²) in [4.78, 5) is 14.8. The number of aromatic nitrogens is 1. The summed E-state index contributed by atoms with van der Waals surface area (Å²) in [7, 11) is 0. The lowest BCUT2D eigenvalue weighted by Gasteiger charge is -2.09. The molecule has 0 unspecified atom stereocenters. The van der Waals surface area contributed by atoms with E-state index in [1.807, 2.05) is 12.1 Å². The van der Waals surface area contributed by atoms with Crippen LogP contribution in [0.5, 0.6) is 11.5 Å². The van der Waals surface area contributed by atoms with Crippen LogP contribution in [0, 0.1) is 10.1 Å². The normalized spacial score (nSPS) is 10.5. The highest BCUT2D eigenvalue weighted by molar-refractivity contribution is 5.85. The van der Waals surface area contributed by atoms with Crippen molar-refractivity contribution in [2.24, 2.45) is 0 Å². The first-order chi connectivity index (χ1) is 10.2. The predicted octanol–water partition coefficient (Wildman–Crippen LogP) is 3.52. The lowest BCUT2D eigenvalue weighted by atomic mass is 10.2. The average molecular weight is 281 g/mol.